The summed E-state index contributed by atoms with van der Waals surface area (Å²) in [5.41, 5.74) is 2.20. The molecule has 1 atom stereocenters. The summed E-state index contributed by atoms with van der Waals surface area (Å²) < 4.78 is 15.8. The fourth-order valence-electron chi connectivity index (χ4n) is 3.58. The Hall–Kier alpha value is -2.87. The van der Waals surface area contributed by atoms with E-state index in [1.54, 1.807) is 11.3 Å². The van der Waals surface area contributed by atoms with Crippen molar-refractivity contribution < 1.29 is 28.6 Å². The Bertz CT molecular complexity index is 995. The fourth-order valence-corrected chi connectivity index (χ4v) is 4.81. The maximum atomic E-state index is 12.5. The van der Waals surface area contributed by atoms with Gasteiger partial charge in [-0.2, -0.15) is 0 Å². The second-order valence-corrected chi connectivity index (χ2v) is 8.29. The van der Waals surface area contributed by atoms with Gasteiger partial charge in [0, 0.05) is 21.9 Å². The molecule has 0 fully saturated rings. The van der Waals surface area contributed by atoms with Crippen molar-refractivity contribution >= 4 is 34.7 Å². The predicted octanol–water partition coefficient (Wildman–Crippen LogP) is 3.60. The van der Waals surface area contributed by atoms with E-state index in [1.165, 1.54) is 23.9 Å². The van der Waals surface area contributed by atoms with E-state index in [4.69, 9.17) is 14.2 Å². The molecule has 4 rings (SSSR count). The Morgan fingerprint density at radius 3 is 2.72 bits per heavy atom. The zero-order valence-corrected chi connectivity index (χ0v) is 17.0. The van der Waals surface area contributed by atoms with Gasteiger partial charge < -0.3 is 19.5 Å². The topological polar surface area (TPSA) is 90.9 Å². The van der Waals surface area contributed by atoms with Crippen molar-refractivity contribution in [1.29, 1.82) is 0 Å². The molecule has 152 valence electrons. The molecule has 1 aromatic heterocycles. The van der Waals surface area contributed by atoms with Crippen LogP contribution in [0, 0.1) is 5.92 Å². The molecule has 0 radical (unpaired) electrons. The molecule has 29 heavy (non-hydrogen) atoms. The molecule has 0 bridgehead atoms. The number of rotatable bonds is 5. The standard InChI is InChI=1S/C21H21NO6S/c1-11-3-4-13-15(9-29-19(13)5-11)21(25)26-8-20(24)22-16-7-18-17(27-10-28-18)6-14(16)12(2)23/h6-7,9,11H,3-5,8,10H2,1-2H3,(H,22,24)/t11-/m0/s1. The molecule has 0 spiro atoms. The lowest BCUT2D eigenvalue weighted by molar-refractivity contribution is -0.119. The lowest BCUT2D eigenvalue weighted by Crippen LogP contribution is -2.22. The monoisotopic (exact) mass is 415 g/mol. The molecule has 2 aliphatic rings. The van der Waals surface area contributed by atoms with Crippen LogP contribution in [0.1, 0.15) is 51.4 Å². The van der Waals surface area contributed by atoms with Gasteiger partial charge in [0.25, 0.3) is 5.91 Å². The summed E-state index contributed by atoms with van der Waals surface area (Å²) in [6.07, 6.45) is 2.88. The largest absolute Gasteiger partial charge is 0.454 e. The van der Waals surface area contributed by atoms with Crippen LogP contribution in [0.25, 0.3) is 0 Å². The summed E-state index contributed by atoms with van der Waals surface area (Å²) in [7, 11) is 0. The van der Waals surface area contributed by atoms with Crippen LogP contribution in [0.2, 0.25) is 0 Å². The Morgan fingerprint density at radius 1 is 1.21 bits per heavy atom. The van der Waals surface area contributed by atoms with Crippen LogP contribution in [0.4, 0.5) is 5.69 Å². The van der Waals surface area contributed by atoms with E-state index < -0.39 is 18.5 Å². The van der Waals surface area contributed by atoms with Crippen molar-refractivity contribution in [2.45, 2.75) is 33.1 Å². The van der Waals surface area contributed by atoms with E-state index in [-0.39, 0.29) is 12.6 Å². The first-order chi connectivity index (χ1) is 13.9. The highest BCUT2D eigenvalue weighted by Crippen LogP contribution is 2.37. The van der Waals surface area contributed by atoms with Crippen molar-refractivity contribution in [2.24, 2.45) is 5.92 Å². The Morgan fingerprint density at radius 2 is 1.97 bits per heavy atom. The molecular weight excluding hydrogens is 394 g/mol. The summed E-state index contributed by atoms with van der Waals surface area (Å²) >= 11 is 1.57. The molecule has 0 unspecified atom stereocenters. The molecule has 2 aromatic rings. The van der Waals surface area contributed by atoms with E-state index in [9.17, 15) is 14.4 Å². The number of thiophene rings is 1. The molecule has 1 aliphatic carbocycles. The van der Waals surface area contributed by atoms with Crippen LogP contribution in [0.15, 0.2) is 17.5 Å². The van der Waals surface area contributed by atoms with Crippen molar-refractivity contribution in [3.63, 3.8) is 0 Å². The summed E-state index contributed by atoms with van der Waals surface area (Å²) in [5.74, 6) is 0.266. The zero-order chi connectivity index (χ0) is 20.5. The van der Waals surface area contributed by atoms with Crippen LogP contribution >= 0.6 is 11.3 Å². The van der Waals surface area contributed by atoms with Crippen molar-refractivity contribution in [3.05, 3.63) is 39.1 Å². The SMILES string of the molecule is CC(=O)c1cc2c(cc1NC(=O)COC(=O)c1csc3c1CC[C@H](C)C3)OCO2. The van der Waals surface area contributed by atoms with Gasteiger partial charge >= 0.3 is 5.97 Å². The number of carbonyl (C=O) groups is 3. The number of carbonyl (C=O) groups excluding carboxylic acids is 3. The number of esters is 1. The molecule has 0 saturated carbocycles. The molecule has 7 nitrogen and oxygen atoms in total. The van der Waals surface area contributed by atoms with Gasteiger partial charge in [-0.25, -0.2) is 4.79 Å². The van der Waals surface area contributed by atoms with Gasteiger partial charge in [-0.15, -0.1) is 11.3 Å². The number of hydrogen-bond acceptors (Lipinski definition) is 7. The molecule has 1 amide bonds. The van der Waals surface area contributed by atoms with Gasteiger partial charge in [-0.3, -0.25) is 9.59 Å². The third-order valence-corrected chi connectivity index (χ3v) is 6.17. The van der Waals surface area contributed by atoms with Crippen molar-refractivity contribution in [3.8, 4) is 11.5 Å². The average molecular weight is 415 g/mol. The van der Waals surface area contributed by atoms with Gasteiger partial charge in [0.05, 0.1) is 11.3 Å². The first kappa shape index (κ1) is 19.4. The Labute approximate surface area is 172 Å². The van der Waals surface area contributed by atoms with Gasteiger partial charge in [0.2, 0.25) is 6.79 Å². The highest BCUT2D eigenvalue weighted by atomic mass is 32.1. The second-order valence-electron chi connectivity index (χ2n) is 7.33. The summed E-state index contributed by atoms with van der Waals surface area (Å²) in [6.45, 7) is 3.22. The summed E-state index contributed by atoms with van der Waals surface area (Å²) in [4.78, 5) is 37.9. The predicted molar refractivity (Wildman–Crippen MR) is 107 cm³/mol. The van der Waals surface area contributed by atoms with E-state index in [0.29, 0.717) is 34.2 Å². The Balaban J connectivity index is 1.41. The summed E-state index contributed by atoms with van der Waals surface area (Å²) in [6, 6.07) is 3.07. The molecule has 1 N–H and O–H groups in total. The number of anilines is 1. The molecule has 1 aromatic carbocycles. The average Bonchev–Trinajstić information content (AvgIpc) is 3.31. The minimum Gasteiger partial charge on any atom is -0.454 e. The van der Waals surface area contributed by atoms with Gasteiger partial charge in [-0.05, 0) is 43.7 Å². The van der Waals surface area contributed by atoms with E-state index >= 15 is 0 Å². The van der Waals surface area contributed by atoms with Gasteiger partial charge in [-0.1, -0.05) is 6.92 Å². The minimum absolute atomic E-state index is 0.0609. The molecule has 1 aliphatic heterocycles. The van der Waals surface area contributed by atoms with Crippen LogP contribution in [0.3, 0.4) is 0 Å². The first-order valence-electron chi connectivity index (χ1n) is 9.43. The van der Waals surface area contributed by atoms with Gasteiger partial charge in [0.15, 0.2) is 23.9 Å². The highest BCUT2D eigenvalue weighted by Gasteiger charge is 2.25. The quantitative estimate of drug-likeness (QED) is 0.593. The van der Waals surface area contributed by atoms with E-state index in [1.807, 2.05) is 5.38 Å². The maximum Gasteiger partial charge on any atom is 0.339 e. The number of nitrogens with one attached hydrogen (secondary N) is 1. The number of ether oxygens (including phenoxy) is 3. The highest BCUT2D eigenvalue weighted by molar-refractivity contribution is 7.10. The number of hydrogen-bond donors (Lipinski definition) is 1. The smallest absolute Gasteiger partial charge is 0.339 e. The van der Waals surface area contributed by atoms with Crippen LogP contribution in [-0.2, 0) is 22.4 Å². The number of Topliss-reactive ketones (excluding diaryl/α,β-unsaturated/α-hetero) is 1. The third kappa shape index (κ3) is 3.98. The van der Waals surface area contributed by atoms with Crippen LogP contribution < -0.4 is 14.8 Å². The van der Waals surface area contributed by atoms with E-state index in [0.717, 1.165) is 24.8 Å². The lowest BCUT2D eigenvalue weighted by Gasteiger charge is -2.18. The number of ketones is 1. The van der Waals surface area contributed by atoms with E-state index in [2.05, 4.69) is 12.2 Å². The van der Waals surface area contributed by atoms with Crippen LogP contribution in [-0.4, -0.2) is 31.1 Å². The number of amides is 1. The van der Waals surface area contributed by atoms with Crippen molar-refractivity contribution in [1.82, 2.24) is 0 Å². The number of benzene rings is 1. The van der Waals surface area contributed by atoms with Crippen LogP contribution in [0.5, 0.6) is 11.5 Å². The van der Waals surface area contributed by atoms with Gasteiger partial charge in [0.1, 0.15) is 0 Å². The third-order valence-electron chi connectivity index (χ3n) is 5.12. The fraction of sp³-hybridized carbons (Fsp3) is 0.381. The normalized spacial score (nSPS) is 16.8. The molecular formula is C21H21NO6S. The zero-order valence-electron chi connectivity index (χ0n) is 16.2. The molecule has 0 saturated heterocycles. The first-order valence-corrected chi connectivity index (χ1v) is 10.3. The minimum atomic E-state index is -0.530. The second kappa shape index (κ2) is 7.87. The molecule has 8 heteroatoms. The van der Waals surface area contributed by atoms with Crippen molar-refractivity contribution in [2.75, 3.05) is 18.7 Å². The lowest BCUT2D eigenvalue weighted by atomic mass is 9.88. The molecule has 2 heterocycles. The number of fused-ring (bicyclic) bond motifs is 2. The summed E-state index contributed by atoms with van der Waals surface area (Å²) in [5, 5.41) is 4.43. The maximum absolute atomic E-state index is 12.5. The Kier molecular flexibility index (Phi) is 5.27.